The van der Waals surface area contributed by atoms with E-state index in [1.54, 1.807) is 11.8 Å². The Morgan fingerprint density at radius 2 is 2.20 bits per heavy atom. The van der Waals surface area contributed by atoms with Crippen molar-refractivity contribution in [3.8, 4) is 0 Å². The average Bonchev–Trinajstić information content (AvgIpc) is 2.21. The first-order valence-electron chi connectivity index (χ1n) is 4.63. The normalized spacial score (nSPS) is 10.0. The fraction of sp³-hybridized carbons (Fsp3) is 0.364. The molecule has 82 valence electrons. The summed E-state index contributed by atoms with van der Waals surface area (Å²) in [6.07, 6.45) is 2.04. The standard InChI is InChI=1S/C11H15NO2S/c1-14-7-11(13)12-10-6-4-3-5-9(10)8-15-2/h3-6H,7-8H2,1-2H3,(H,12,13). The summed E-state index contributed by atoms with van der Waals surface area (Å²) >= 11 is 1.73. The average molecular weight is 225 g/mol. The van der Waals surface area contributed by atoms with Crippen molar-refractivity contribution in [1.82, 2.24) is 0 Å². The lowest BCUT2D eigenvalue weighted by atomic mass is 10.2. The van der Waals surface area contributed by atoms with Gasteiger partial charge in [0.15, 0.2) is 0 Å². The molecule has 0 unspecified atom stereocenters. The van der Waals surface area contributed by atoms with Crippen molar-refractivity contribution in [3.63, 3.8) is 0 Å². The number of carbonyl (C=O) groups excluding carboxylic acids is 1. The predicted octanol–water partition coefficient (Wildman–Crippen LogP) is 2.13. The molecule has 1 N–H and O–H groups in total. The Balaban J connectivity index is 2.70. The maximum atomic E-state index is 11.3. The number of thioether (sulfide) groups is 1. The van der Waals surface area contributed by atoms with Gasteiger partial charge >= 0.3 is 0 Å². The van der Waals surface area contributed by atoms with Crippen LogP contribution >= 0.6 is 11.8 Å². The molecular weight excluding hydrogens is 210 g/mol. The molecule has 1 amide bonds. The Hall–Kier alpha value is -1.00. The number of ether oxygens (including phenoxy) is 1. The van der Waals surface area contributed by atoms with E-state index in [-0.39, 0.29) is 12.5 Å². The van der Waals surface area contributed by atoms with Gasteiger partial charge in [-0.15, -0.1) is 0 Å². The van der Waals surface area contributed by atoms with E-state index in [9.17, 15) is 4.79 Å². The highest BCUT2D eigenvalue weighted by Crippen LogP contribution is 2.19. The lowest BCUT2D eigenvalue weighted by Crippen LogP contribution is -2.17. The maximum absolute atomic E-state index is 11.3. The van der Waals surface area contributed by atoms with Crippen LogP contribution < -0.4 is 5.32 Å². The first-order chi connectivity index (χ1) is 7.27. The topological polar surface area (TPSA) is 38.3 Å². The molecule has 0 saturated carbocycles. The zero-order valence-corrected chi connectivity index (χ0v) is 9.76. The third kappa shape index (κ3) is 3.93. The molecule has 15 heavy (non-hydrogen) atoms. The highest BCUT2D eigenvalue weighted by atomic mass is 32.2. The largest absolute Gasteiger partial charge is 0.375 e. The van der Waals surface area contributed by atoms with Gasteiger partial charge in [0.2, 0.25) is 5.91 Å². The number of methoxy groups -OCH3 is 1. The molecule has 0 saturated heterocycles. The SMILES string of the molecule is COCC(=O)Nc1ccccc1CSC. The number of amides is 1. The van der Waals surface area contributed by atoms with Crippen LogP contribution in [0.4, 0.5) is 5.69 Å². The minimum absolute atomic E-state index is 0.0909. The van der Waals surface area contributed by atoms with E-state index < -0.39 is 0 Å². The van der Waals surface area contributed by atoms with Gasteiger partial charge in [-0.3, -0.25) is 4.79 Å². The maximum Gasteiger partial charge on any atom is 0.250 e. The number of rotatable bonds is 5. The second-order valence-electron chi connectivity index (χ2n) is 3.07. The molecule has 0 aliphatic heterocycles. The second-order valence-corrected chi connectivity index (χ2v) is 3.94. The first kappa shape index (κ1) is 12.1. The van der Waals surface area contributed by atoms with Gasteiger partial charge in [-0.25, -0.2) is 0 Å². The van der Waals surface area contributed by atoms with E-state index >= 15 is 0 Å². The highest BCUT2D eigenvalue weighted by Gasteiger charge is 2.05. The minimum Gasteiger partial charge on any atom is -0.375 e. The molecular formula is C11H15NO2S. The summed E-state index contributed by atoms with van der Waals surface area (Å²) in [7, 11) is 1.51. The molecule has 0 aliphatic rings. The molecule has 0 fully saturated rings. The third-order valence-electron chi connectivity index (χ3n) is 1.87. The van der Waals surface area contributed by atoms with E-state index in [1.165, 1.54) is 7.11 Å². The summed E-state index contributed by atoms with van der Waals surface area (Å²) < 4.78 is 4.76. The fourth-order valence-corrected chi connectivity index (χ4v) is 1.80. The minimum atomic E-state index is -0.119. The molecule has 0 radical (unpaired) electrons. The molecule has 0 atom stereocenters. The van der Waals surface area contributed by atoms with Crippen LogP contribution in [0.5, 0.6) is 0 Å². The Morgan fingerprint density at radius 1 is 1.47 bits per heavy atom. The van der Waals surface area contributed by atoms with Crippen LogP contribution in [0.15, 0.2) is 24.3 Å². The Kier molecular flexibility index (Phi) is 5.21. The zero-order valence-electron chi connectivity index (χ0n) is 8.95. The Labute approximate surface area is 94.2 Å². The summed E-state index contributed by atoms with van der Waals surface area (Å²) in [5, 5.41) is 2.82. The smallest absolute Gasteiger partial charge is 0.250 e. The first-order valence-corrected chi connectivity index (χ1v) is 6.03. The van der Waals surface area contributed by atoms with Gasteiger partial charge in [-0.1, -0.05) is 18.2 Å². The predicted molar refractivity (Wildman–Crippen MR) is 64.2 cm³/mol. The molecule has 0 aliphatic carbocycles. The van der Waals surface area contributed by atoms with Gasteiger partial charge in [0.1, 0.15) is 6.61 Å². The van der Waals surface area contributed by atoms with E-state index in [1.807, 2.05) is 30.5 Å². The van der Waals surface area contributed by atoms with Crippen LogP contribution in [0, 0.1) is 0 Å². The molecule has 1 aromatic carbocycles. The number of benzene rings is 1. The summed E-state index contributed by atoms with van der Waals surface area (Å²) in [4.78, 5) is 11.3. The quantitative estimate of drug-likeness (QED) is 0.834. The number of hydrogen-bond acceptors (Lipinski definition) is 3. The van der Waals surface area contributed by atoms with Crippen LogP contribution in [0.25, 0.3) is 0 Å². The number of hydrogen-bond donors (Lipinski definition) is 1. The van der Waals surface area contributed by atoms with Crippen LogP contribution in [0.3, 0.4) is 0 Å². The van der Waals surface area contributed by atoms with Crippen molar-refractivity contribution in [2.75, 3.05) is 25.3 Å². The van der Waals surface area contributed by atoms with Crippen LogP contribution in [0.2, 0.25) is 0 Å². The van der Waals surface area contributed by atoms with Crippen molar-refractivity contribution < 1.29 is 9.53 Å². The zero-order chi connectivity index (χ0) is 11.1. The highest BCUT2D eigenvalue weighted by molar-refractivity contribution is 7.97. The van der Waals surface area contributed by atoms with E-state index in [2.05, 4.69) is 5.32 Å². The molecule has 0 aromatic heterocycles. The molecule has 4 heteroatoms. The molecule has 0 spiro atoms. The van der Waals surface area contributed by atoms with Crippen molar-refractivity contribution >= 4 is 23.4 Å². The van der Waals surface area contributed by atoms with Crippen molar-refractivity contribution in [2.45, 2.75) is 5.75 Å². The summed E-state index contributed by atoms with van der Waals surface area (Å²) in [5.74, 6) is 0.773. The molecule has 1 aromatic rings. The van der Waals surface area contributed by atoms with Gasteiger partial charge in [0, 0.05) is 18.6 Å². The number of anilines is 1. The van der Waals surface area contributed by atoms with Gasteiger partial charge < -0.3 is 10.1 Å². The van der Waals surface area contributed by atoms with Gasteiger partial charge in [-0.05, 0) is 17.9 Å². The number of para-hydroxylation sites is 1. The fourth-order valence-electron chi connectivity index (χ4n) is 1.24. The Bertz CT molecular complexity index is 328. The van der Waals surface area contributed by atoms with E-state index in [0.29, 0.717) is 0 Å². The van der Waals surface area contributed by atoms with Gasteiger partial charge in [0.25, 0.3) is 0 Å². The lowest BCUT2D eigenvalue weighted by molar-refractivity contribution is -0.119. The van der Waals surface area contributed by atoms with Gasteiger partial charge in [-0.2, -0.15) is 11.8 Å². The summed E-state index contributed by atoms with van der Waals surface area (Å²) in [5.41, 5.74) is 2.00. The third-order valence-corrected chi connectivity index (χ3v) is 2.47. The van der Waals surface area contributed by atoms with E-state index in [0.717, 1.165) is 17.0 Å². The molecule has 1 rings (SSSR count). The van der Waals surface area contributed by atoms with Crippen LogP contribution in [0.1, 0.15) is 5.56 Å². The van der Waals surface area contributed by atoms with E-state index in [4.69, 9.17) is 4.74 Å². The van der Waals surface area contributed by atoms with Gasteiger partial charge in [0.05, 0.1) is 0 Å². The summed E-state index contributed by atoms with van der Waals surface area (Å²) in [6, 6.07) is 7.79. The monoisotopic (exact) mass is 225 g/mol. The number of nitrogens with one attached hydrogen (secondary N) is 1. The molecule has 0 heterocycles. The van der Waals surface area contributed by atoms with Crippen LogP contribution in [-0.2, 0) is 15.3 Å². The molecule has 3 nitrogen and oxygen atoms in total. The second kappa shape index (κ2) is 6.48. The molecule has 0 bridgehead atoms. The van der Waals surface area contributed by atoms with Crippen molar-refractivity contribution in [1.29, 1.82) is 0 Å². The number of carbonyl (C=O) groups is 1. The van der Waals surface area contributed by atoms with Crippen molar-refractivity contribution in [2.24, 2.45) is 0 Å². The Morgan fingerprint density at radius 3 is 2.87 bits per heavy atom. The lowest BCUT2D eigenvalue weighted by Gasteiger charge is -2.09. The summed E-state index contributed by atoms with van der Waals surface area (Å²) in [6.45, 7) is 0.0909. The van der Waals surface area contributed by atoms with Crippen LogP contribution in [-0.4, -0.2) is 25.9 Å². The van der Waals surface area contributed by atoms with Crippen molar-refractivity contribution in [3.05, 3.63) is 29.8 Å².